The van der Waals surface area contributed by atoms with Crippen LogP contribution in [-0.4, -0.2) is 47.6 Å². The van der Waals surface area contributed by atoms with E-state index in [2.05, 4.69) is 10.3 Å². The Kier molecular flexibility index (Phi) is 3.15. The van der Waals surface area contributed by atoms with Crippen LogP contribution in [0.5, 0.6) is 0 Å². The van der Waals surface area contributed by atoms with Gasteiger partial charge in [-0.05, 0) is 12.1 Å². The third-order valence-electron chi connectivity index (χ3n) is 3.03. The molecule has 0 spiro atoms. The first kappa shape index (κ1) is 13.3. The first-order valence-corrected chi connectivity index (χ1v) is 7.71. The van der Waals surface area contributed by atoms with Crippen molar-refractivity contribution in [2.75, 3.05) is 19.6 Å². The Morgan fingerprint density at radius 1 is 1.35 bits per heavy atom. The van der Waals surface area contributed by atoms with Crippen LogP contribution in [0.3, 0.4) is 0 Å². The van der Waals surface area contributed by atoms with Crippen molar-refractivity contribution in [3.63, 3.8) is 0 Å². The lowest BCUT2D eigenvalue weighted by Crippen LogP contribution is -2.50. The summed E-state index contributed by atoms with van der Waals surface area (Å²) in [5.41, 5.74) is 0.442. The van der Waals surface area contributed by atoms with Crippen molar-refractivity contribution in [2.24, 2.45) is 0 Å². The SMILES string of the molecule is O=C1CN(S(=O)(=O)c2c(Cl)nc3ccccn23)CCN1. The third kappa shape index (κ3) is 2.05. The van der Waals surface area contributed by atoms with E-state index in [0.717, 1.165) is 4.31 Å². The van der Waals surface area contributed by atoms with Crippen LogP contribution in [0, 0.1) is 0 Å². The van der Waals surface area contributed by atoms with Crippen molar-refractivity contribution in [1.82, 2.24) is 19.0 Å². The number of fused-ring (bicyclic) bond motifs is 1. The summed E-state index contributed by atoms with van der Waals surface area (Å²) in [5.74, 6) is -0.329. The molecule has 0 unspecified atom stereocenters. The second kappa shape index (κ2) is 4.72. The summed E-state index contributed by atoms with van der Waals surface area (Å²) in [5, 5.41) is 2.38. The van der Waals surface area contributed by atoms with Crippen molar-refractivity contribution < 1.29 is 13.2 Å². The Labute approximate surface area is 120 Å². The number of imidazole rings is 1. The lowest BCUT2D eigenvalue weighted by molar-refractivity contribution is -0.122. The molecule has 0 bridgehead atoms. The molecule has 1 aliphatic rings. The van der Waals surface area contributed by atoms with Gasteiger partial charge in [0.25, 0.3) is 10.0 Å². The normalized spacial score (nSPS) is 17.4. The van der Waals surface area contributed by atoms with Gasteiger partial charge in [-0.3, -0.25) is 9.20 Å². The quantitative estimate of drug-likeness (QED) is 0.852. The summed E-state index contributed by atoms with van der Waals surface area (Å²) in [7, 11) is -3.87. The minimum atomic E-state index is -3.87. The minimum Gasteiger partial charge on any atom is -0.354 e. The summed E-state index contributed by atoms with van der Waals surface area (Å²) in [6.07, 6.45) is 1.57. The number of carbonyl (C=O) groups excluding carboxylic acids is 1. The van der Waals surface area contributed by atoms with E-state index in [1.165, 1.54) is 4.40 Å². The number of nitrogens with zero attached hydrogens (tertiary/aromatic N) is 3. The second-order valence-corrected chi connectivity index (χ2v) is 6.54. The lowest BCUT2D eigenvalue weighted by Gasteiger charge is -2.25. The summed E-state index contributed by atoms with van der Waals surface area (Å²) in [6.45, 7) is 0.287. The predicted octanol–water partition coefficient (Wildman–Crippen LogP) is 0.108. The van der Waals surface area contributed by atoms with Crippen molar-refractivity contribution >= 4 is 33.2 Å². The Morgan fingerprint density at radius 2 is 2.15 bits per heavy atom. The van der Waals surface area contributed by atoms with Gasteiger partial charge in [-0.1, -0.05) is 17.7 Å². The molecule has 0 aromatic carbocycles. The average molecular weight is 315 g/mol. The van der Waals surface area contributed by atoms with Gasteiger partial charge in [-0.2, -0.15) is 4.31 Å². The number of hydrogen-bond acceptors (Lipinski definition) is 4. The van der Waals surface area contributed by atoms with Crippen LogP contribution in [0.2, 0.25) is 5.15 Å². The summed E-state index contributed by atoms with van der Waals surface area (Å²) >= 11 is 5.97. The maximum Gasteiger partial charge on any atom is 0.262 e. The largest absolute Gasteiger partial charge is 0.354 e. The molecule has 1 amide bonds. The van der Waals surface area contributed by atoms with Gasteiger partial charge < -0.3 is 5.32 Å². The highest BCUT2D eigenvalue weighted by Crippen LogP contribution is 2.25. The topological polar surface area (TPSA) is 83.8 Å². The number of aromatic nitrogens is 2. The van der Waals surface area contributed by atoms with Gasteiger partial charge in [0.05, 0.1) is 6.54 Å². The standard InChI is InChI=1S/C11H11ClN4O3S/c12-10-11(16-5-2-1-3-8(16)14-10)20(18,19)15-6-4-13-9(17)7-15/h1-3,5H,4,6-7H2,(H,13,17). The van der Waals surface area contributed by atoms with E-state index in [0.29, 0.717) is 5.65 Å². The summed E-state index contributed by atoms with van der Waals surface area (Å²) in [4.78, 5) is 15.4. The number of carbonyl (C=O) groups is 1. The van der Waals surface area contributed by atoms with E-state index in [4.69, 9.17) is 11.6 Å². The fourth-order valence-electron chi connectivity index (χ4n) is 2.12. The molecule has 0 atom stereocenters. The van der Waals surface area contributed by atoms with Crippen molar-refractivity contribution in [1.29, 1.82) is 0 Å². The molecule has 1 saturated heterocycles. The third-order valence-corrected chi connectivity index (χ3v) is 5.28. The van der Waals surface area contributed by atoms with Crippen LogP contribution in [0.25, 0.3) is 5.65 Å². The van der Waals surface area contributed by atoms with Crippen LogP contribution in [0.1, 0.15) is 0 Å². The van der Waals surface area contributed by atoms with Crippen molar-refractivity contribution in [3.8, 4) is 0 Å². The molecule has 9 heteroatoms. The number of halogens is 1. The molecule has 0 aliphatic carbocycles. The highest BCUT2D eigenvalue weighted by Gasteiger charge is 2.33. The van der Waals surface area contributed by atoms with Gasteiger partial charge in [0.2, 0.25) is 5.91 Å². The Hall–Kier alpha value is -1.64. The van der Waals surface area contributed by atoms with E-state index >= 15 is 0 Å². The first-order chi connectivity index (χ1) is 9.50. The first-order valence-electron chi connectivity index (χ1n) is 5.89. The molecular formula is C11H11ClN4O3S. The van der Waals surface area contributed by atoms with Crippen LogP contribution in [0.4, 0.5) is 0 Å². The Balaban J connectivity index is 2.14. The zero-order valence-electron chi connectivity index (χ0n) is 10.3. The monoisotopic (exact) mass is 314 g/mol. The molecule has 7 nitrogen and oxygen atoms in total. The fourth-order valence-corrected chi connectivity index (χ4v) is 4.11. The number of amides is 1. The van der Waals surface area contributed by atoms with Gasteiger partial charge >= 0.3 is 0 Å². The van der Waals surface area contributed by atoms with Crippen LogP contribution in [0.15, 0.2) is 29.4 Å². The van der Waals surface area contributed by atoms with E-state index in [1.807, 2.05) is 0 Å². The number of nitrogens with one attached hydrogen (secondary N) is 1. The molecule has 0 radical (unpaired) electrons. The van der Waals surface area contributed by atoms with Gasteiger partial charge in [-0.25, -0.2) is 13.4 Å². The molecule has 0 saturated carbocycles. The second-order valence-electron chi connectivity index (χ2n) is 4.33. The van der Waals surface area contributed by atoms with E-state index < -0.39 is 10.0 Å². The molecule has 106 valence electrons. The molecule has 1 fully saturated rings. The molecule has 3 heterocycles. The number of sulfonamides is 1. The number of rotatable bonds is 2. The predicted molar refractivity (Wildman–Crippen MR) is 72.0 cm³/mol. The van der Waals surface area contributed by atoms with E-state index in [9.17, 15) is 13.2 Å². The molecule has 2 aromatic heterocycles. The minimum absolute atomic E-state index is 0.0952. The van der Waals surface area contributed by atoms with Gasteiger partial charge in [0.1, 0.15) is 5.65 Å². The molecule has 3 rings (SSSR count). The van der Waals surface area contributed by atoms with Crippen LogP contribution < -0.4 is 5.32 Å². The highest BCUT2D eigenvalue weighted by atomic mass is 35.5. The van der Waals surface area contributed by atoms with E-state index in [-0.39, 0.29) is 35.7 Å². The van der Waals surface area contributed by atoms with Crippen molar-refractivity contribution in [2.45, 2.75) is 5.03 Å². The number of hydrogen-bond donors (Lipinski definition) is 1. The highest BCUT2D eigenvalue weighted by molar-refractivity contribution is 7.89. The lowest BCUT2D eigenvalue weighted by atomic mass is 10.4. The number of piperazine rings is 1. The molecule has 20 heavy (non-hydrogen) atoms. The van der Waals surface area contributed by atoms with E-state index in [1.54, 1.807) is 24.4 Å². The summed E-state index contributed by atoms with van der Waals surface area (Å²) < 4.78 is 27.8. The maximum absolute atomic E-state index is 12.6. The van der Waals surface area contributed by atoms with Gasteiger partial charge in [0, 0.05) is 19.3 Å². The average Bonchev–Trinajstić information content (AvgIpc) is 2.75. The fraction of sp³-hybridized carbons (Fsp3) is 0.273. The van der Waals surface area contributed by atoms with Gasteiger partial charge in [-0.15, -0.1) is 0 Å². The number of pyridine rings is 1. The zero-order chi connectivity index (χ0) is 14.3. The molecule has 1 N–H and O–H groups in total. The van der Waals surface area contributed by atoms with Crippen LogP contribution in [-0.2, 0) is 14.8 Å². The molecule has 2 aromatic rings. The van der Waals surface area contributed by atoms with Gasteiger partial charge in [0.15, 0.2) is 10.2 Å². The molecular weight excluding hydrogens is 304 g/mol. The smallest absolute Gasteiger partial charge is 0.262 e. The Morgan fingerprint density at radius 3 is 2.90 bits per heavy atom. The Bertz CT molecular complexity index is 786. The summed E-state index contributed by atoms with van der Waals surface area (Å²) in [6, 6.07) is 5.09. The maximum atomic E-state index is 12.6. The van der Waals surface area contributed by atoms with Crippen LogP contribution >= 0.6 is 11.6 Å². The van der Waals surface area contributed by atoms with Crippen molar-refractivity contribution in [3.05, 3.63) is 29.5 Å². The zero-order valence-corrected chi connectivity index (χ0v) is 11.9. The molecule has 1 aliphatic heterocycles.